The summed E-state index contributed by atoms with van der Waals surface area (Å²) in [5.74, 6) is -3.98. The summed E-state index contributed by atoms with van der Waals surface area (Å²) in [6.45, 7) is 6.98. The zero-order valence-electron chi connectivity index (χ0n) is 8.99. The summed E-state index contributed by atoms with van der Waals surface area (Å²) in [4.78, 5) is 12.8. The molecule has 1 aliphatic rings. The second-order valence-electron chi connectivity index (χ2n) is 4.28. The first-order valence-electron chi connectivity index (χ1n) is 5.01. The van der Waals surface area contributed by atoms with Gasteiger partial charge < -0.3 is 4.85 Å². The first kappa shape index (κ1) is 12.4. The second kappa shape index (κ2) is 3.70. The monoisotopic (exact) mass is 256 g/mol. The van der Waals surface area contributed by atoms with E-state index in [0.717, 1.165) is 18.2 Å². The van der Waals surface area contributed by atoms with Crippen LogP contribution in [0.25, 0.3) is 4.85 Å². The fourth-order valence-electron chi connectivity index (χ4n) is 2.09. The molecule has 0 unspecified atom stereocenters. The number of nitrogens with zero attached hydrogens (tertiary/aromatic N) is 2. The number of benzene rings is 1. The Bertz CT molecular complexity index is 558. The normalized spacial score (nSPS) is 19.7. The van der Waals surface area contributed by atoms with E-state index in [1.807, 2.05) is 0 Å². The third kappa shape index (κ3) is 1.79. The van der Waals surface area contributed by atoms with Gasteiger partial charge in [0, 0.05) is 11.6 Å². The molecule has 0 aliphatic heterocycles. The Balaban J connectivity index is 2.44. The lowest BCUT2D eigenvalue weighted by atomic mass is 9.69. The minimum Gasteiger partial charge on any atom is -0.305 e. The molecule has 0 N–H and O–H groups in total. The van der Waals surface area contributed by atoms with Crippen LogP contribution in [0.3, 0.4) is 0 Å². The number of hydrogen-bond acceptors (Lipinski definition) is 2. The van der Waals surface area contributed by atoms with Crippen molar-refractivity contribution in [3.8, 4) is 0 Å². The van der Waals surface area contributed by atoms with E-state index in [1.165, 1.54) is 0 Å². The molecule has 0 radical (unpaired) electrons. The van der Waals surface area contributed by atoms with Gasteiger partial charge in [-0.15, -0.1) is 0 Å². The van der Waals surface area contributed by atoms with Gasteiger partial charge in [0.1, 0.15) is 0 Å². The minimum absolute atomic E-state index is 0.0662. The zero-order chi connectivity index (χ0) is 13.6. The van der Waals surface area contributed by atoms with E-state index in [9.17, 15) is 23.3 Å². The van der Waals surface area contributed by atoms with Crippen LogP contribution in [0.2, 0.25) is 0 Å². The van der Waals surface area contributed by atoms with Crippen molar-refractivity contribution in [1.29, 1.82) is 0 Å². The molecular weight excluding hydrogens is 249 g/mol. The average Bonchev–Trinajstić information content (AvgIpc) is 2.25. The van der Waals surface area contributed by atoms with Crippen molar-refractivity contribution < 1.29 is 18.1 Å². The zero-order valence-corrected chi connectivity index (χ0v) is 8.99. The Labute approximate surface area is 100 Å². The molecule has 2 rings (SSSR count). The van der Waals surface area contributed by atoms with Crippen LogP contribution in [0.1, 0.15) is 18.4 Å². The third-order valence-electron chi connectivity index (χ3n) is 3.00. The summed E-state index contributed by atoms with van der Waals surface area (Å²) in [6.07, 6.45) is -1.38. The Morgan fingerprint density at radius 3 is 2.44 bits per heavy atom. The molecule has 4 nitrogen and oxygen atoms in total. The van der Waals surface area contributed by atoms with Gasteiger partial charge in [-0.25, -0.2) is 15.4 Å². The number of nitro benzene ring substituents is 1. The van der Waals surface area contributed by atoms with Gasteiger partial charge in [0.2, 0.25) is 5.82 Å². The van der Waals surface area contributed by atoms with E-state index < -0.39 is 40.7 Å². The molecule has 1 saturated carbocycles. The van der Waals surface area contributed by atoms with Crippen molar-refractivity contribution in [2.45, 2.75) is 24.3 Å². The first-order chi connectivity index (χ1) is 8.30. The van der Waals surface area contributed by atoms with Crippen LogP contribution < -0.4 is 0 Å². The summed E-state index contributed by atoms with van der Waals surface area (Å²) in [6, 6.07) is 2.84. The summed E-state index contributed by atoms with van der Waals surface area (Å²) in [7, 11) is 0. The highest BCUT2D eigenvalue weighted by Gasteiger charge is 2.64. The number of halogens is 3. The number of nitro groups is 1. The molecule has 1 aromatic rings. The maximum atomic E-state index is 13.1. The molecule has 1 fully saturated rings. The van der Waals surface area contributed by atoms with Crippen molar-refractivity contribution in [3.05, 3.63) is 51.1 Å². The van der Waals surface area contributed by atoms with Crippen LogP contribution in [0.5, 0.6) is 0 Å². The van der Waals surface area contributed by atoms with E-state index in [4.69, 9.17) is 6.57 Å². The molecule has 1 aromatic carbocycles. The highest BCUT2D eigenvalue weighted by Crippen LogP contribution is 2.54. The van der Waals surface area contributed by atoms with Crippen molar-refractivity contribution in [3.63, 3.8) is 0 Å². The van der Waals surface area contributed by atoms with E-state index in [1.54, 1.807) is 0 Å². The summed E-state index contributed by atoms with van der Waals surface area (Å²) < 4.78 is 38.9. The van der Waals surface area contributed by atoms with Gasteiger partial charge in [0.25, 0.3) is 11.5 Å². The van der Waals surface area contributed by atoms with Gasteiger partial charge in [-0.2, -0.15) is 4.39 Å². The fourth-order valence-corrected chi connectivity index (χ4v) is 2.09. The summed E-state index contributed by atoms with van der Waals surface area (Å²) in [5, 5.41) is 10.6. The maximum Gasteiger partial charge on any atom is 0.305 e. The van der Waals surface area contributed by atoms with Crippen LogP contribution in [-0.2, 0) is 5.54 Å². The lowest BCUT2D eigenvalue weighted by Crippen LogP contribution is -2.47. The fraction of sp³-hybridized carbons (Fsp3) is 0.364. The Morgan fingerprint density at radius 2 is 2.00 bits per heavy atom. The average molecular weight is 256 g/mol. The lowest BCUT2D eigenvalue weighted by Gasteiger charge is -2.37. The SMILES string of the molecule is [C-]#[N+]C1(c2ccc(F)c([N+](=O)[O-])c2)CC(F)(F)C1. The molecule has 18 heavy (non-hydrogen) atoms. The molecule has 0 bridgehead atoms. The highest BCUT2D eigenvalue weighted by atomic mass is 19.3. The van der Waals surface area contributed by atoms with Gasteiger partial charge in [-0.1, -0.05) is 0 Å². The van der Waals surface area contributed by atoms with Crippen molar-refractivity contribution >= 4 is 5.69 Å². The van der Waals surface area contributed by atoms with Crippen LogP contribution in [-0.4, -0.2) is 10.8 Å². The van der Waals surface area contributed by atoms with Gasteiger partial charge >= 0.3 is 5.69 Å². The Kier molecular flexibility index (Phi) is 2.54. The van der Waals surface area contributed by atoms with E-state index in [2.05, 4.69) is 4.85 Å². The van der Waals surface area contributed by atoms with E-state index in [-0.39, 0.29) is 5.56 Å². The number of rotatable bonds is 2. The van der Waals surface area contributed by atoms with Gasteiger partial charge in [-0.05, 0) is 12.1 Å². The van der Waals surface area contributed by atoms with Gasteiger partial charge in [0.05, 0.1) is 17.8 Å². The quantitative estimate of drug-likeness (QED) is 0.463. The summed E-state index contributed by atoms with van der Waals surface area (Å²) >= 11 is 0. The van der Waals surface area contributed by atoms with Crippen molar-refractivity contribution in [2.75, 3.05) is 0 Å². The lowest BCUT2D eigenvalue weighted by molar-refractivity contribution is -0.387. The predicted molar refractivity (Wildman–Crippen MR) is 55.5 cm³/mol. The molecule has 7 heteroatoms. The second-order valence-corrected chi connectivity index (χ2v) is 4.28. The van der Waals surface area contributed by atoms with Crippen molar-refractivity contribution in [1.82, 2.24) is 0 Å². The van der Waals surface area contributed by atoms with Crippen LogP contribution in [0.15, 0.2) is 18.2 Å². The number of alkyl halides is 2. The molecule has 0 atom stereocenters. The Morgan fingerprint density at radius 1 is 1.39 bits per heavy atom. The molecule has 94 valence electrons. The summed E-state index contributed by atoms with van der Waals surface area (Å²) in [5.41, 5.74) is -2.20. The van der Waals surface area contributed by atoms with E-state index >= 15 is 0 Å². The van der Waals surface area contributed by atoms with Gasteiger partial charge in [0.15, 0.2) is 0 Å². The van der Waals surface area contributed by atoms with Gasteiger partial charge in [-0.3, -0.25) is 10.1 Å². The molecule has 1 aliphatic carbocycles. The molecule has 0 spiro atoms. The first-order valence-corrected chi connectivity index (χ1v) is 5.01. The molecule has 0 saturated heterocycles. The highest BCUT2D eigenvalue weighted by molar-refractivity contribution is 5.43. The van der Waals surface area contributed by atoms with E-state index in [0.29, 0.717) is 0 Å². The smallest absolute Gasteiger partial charge is 0.305 e. The maximum absolute atomic E-state index is 13.1. The third-order valence-corrected chi connectivity index (χ3v) is 3.00. The topological polar surface area (TPSA) is 47.5 Å². The van der Waals surface area contributed by atoms with Crippen LogP contribution in [0, 0.1) is 22.5 Å². The molecule has 0 heterocycles. The largest absolute Gasteiger partial charge is 0.305 e. The standard InChI is InChI=1S/C11H7F3N2O2/c1-15-10(5-11(13,14)6-10)7-2-3-8(12)9(4-7)16(17)18/h2-4H,5-6H2. The van der Waals surface area contributed by atoms with Crippen molar-refractivity contribution in [2.24, 2.45) is 0 Å². The number of hydrogen-bond donors (Lipinski definition) is 0. The Hall–Kier alpha value is -2.10. The molecule has 0 amide bonds. The van der Waals surface area contributed by atoms with Crippen LogP contribution in [0.4, 0.5) is 18.9 Å². The predicted octanol–water partition coefficient (Wildman–Crippen LogP) is 3.28. The van der Waals surface area contributed by atoms with Crippen LogP contribution >= 0.6 is 0 Å². The molecular formula is C11H7F3N2O2. The molecule has 0 aromatic heterocycles. The minimum atomic E-state index is -2.94.